The van der Waals surface area contributed by atoms with Crippen molar-refractivity contribution in [2.75, 3.05) is 25.0 Å². The molecule has 2 heterocycles. The number of halogens is 7. The molecule has 0 bridgehead atoms. The van der Waals surface area contributed by atoms with Crippen LogP contribution in [-0.4, -0.2) is 69.3 Å². The van der Waals surface area contributed by atoms with Crippen LogP contribution in [-0.2, 0) is 11.0 Å². The number of amides is 2. The van der Waals surface area contributed by atoms with Crippen LogP contribution in [0, 0.1) is 11.2 Å². The fourth-order valence-electron chi connectivity index (χ4n) is 4.91. The predicted molar refractivity (Wildman–Crippen MR) is 169 cm³/mol. The van der Waals surface area contributed by atoms with E-state index in [1.165, 1.54) is 49.1 Å². The van der Waals surface area contributed by atoms with Crippen molar-refractivity contribution >= 4 is 68.4 Å². The molecule has 16 heteroatoms. The number of likely N-dealkylation sites (tertiary alicyclic amines) is 1. The number of pyridine rings is 1. The molecule has 2 amide bonds. The van der Waals surface area contributed by atoms with Crippen molar-refractivity contribution < 1.29 is 32.3 Å². The second-order valence-electron chi connectivity index (χ2n) is 11.3. The quantitative estimate of drug-likeness (QED) is 0.106. The van der Waals surface area contributed by atoms with Crippen LogP contribution in [0.5, 0.6) is 0 Å². The van der Waals surface area contributed by atoms with Crippen molar-refractivity contribution in [1.82, 2.24) is 20.5 Å². The number of aromatic nitrogens is 1. The van der Waals surface area contributed by atoms with Gasteiger partial charge in [-0.05, 0) is 56.7 Å². The summed E-state index contributed by atoms with van der Waals surface area (Å²) in [5.41, 5.74) is -2.95. The molecule has 1 aliphatic rings. The second-order valence-corrected chi connectivity index (χ2v) is 12.6. The third kappa shape index (κ3) is 8.78. The lowest BCUT2D eigenvalue weighted by Crippen LogP contribution is -2.56. The van der Waals surface area contributed by atoms with Crippen LogP contribution in [0.4, 0.5) is 23.2 Å². The number of nitrogens with one attached hydrogen (secondary N) is 4. The van der Waals surface area contributed by atoms with Crippen LogP contribution in [0.3, 0.4) is 0 Å². The number of benzene rings is 2. The Bertz CT molecular complexity index is 1680. The molecule has 246 valence electrons. The molecular formula is C30H29Cl3F4N6O3. The zero-order chi connectivity index (χ0) is 34.0. The third-order valence-electron chi connectivity index (χ3n) is 6.93. The Morgan fingerprint density at radius 1 is 1.13 bits per heavy atom. The maximum atomic E-state index is 14.8. The largest absolute Gasteiger partial charge is 0.433 e. The number of piperidine rings is 1. The van der Waals surface area contributed by atoms with Gasteiger partial charge in [-0.1, -0.05) is 40.9 Å². The summed E-state index contributed by atoms with van der Waals surface area (Å²) >= 11 is 18.2. The SMILES string of the molecule is CC(C)(O)CN/C=C(\C(=N)Cl)C(=O)N[C@H]1C[C@@H](Nc2cc(C(F)(F)F)nc3ccc(Cl)cc23)CN(C(=O)c2c(F)cccc2Cl)C1. The van der Waals surface area contributed by atoms with E-state index in [0.717, 1.165) is 18.3 Å². The molecule has 1 fully saturated rings. The van der Waals surface area contributed by atoms with E-state index in [4.69, 9.17) is 40.2 Å². The normalized spacial score (nSPS) is 17.5. The van der Waals surface area contributed by atoms with Gasteiger partial charge in [-0.3, -0.25) is 15.0 Å². The Morgan fingerprint density at radius 2 is 1.83 bits per heavy atom. The molecule has 3 aromatic rings. The molecule has 0 radical (unpaired) electrons. The smallest absolute Gasteiger partial charge is 0.389 e. The fraction of sp³-hybridized carbons (Fsp3) is 0.333. The van der Waals surface area contributed by atoms with E-state index in [9.17, 15) is 32.3 Å². The summed E-state index contributed by atoms with van der Waals surface area (Å²) in [6.45, 7) is 2.84. The first-order valence-electron chi connectivity index (χ1n) is 13.8. The molecule has 1 aliphatic heterocycles. The average molecular weight is 704 g/mol. The Morgan fingerprint density at radius 3 is 2.46 bits per heavy atom. The van der Waals surface area contributed by atoms with Crippen LogP contribution in [0.15, 0.2) is 54.2 Å². The maximum absolute atomic E-state index is 14.8. The van der Waals surface area contributed by atoms with Crippen LogP contribution < -0.4 is 16.0 Å². The average Bonchev–Trinajstić information content (AvgIpc) is 2.93. The number of hydrogen-bond donors (Lipinski definition) is 5. The summed E-state index contributed by atoms with van der Waals surface area (Å²) in [6.07, 6.45) is -3.52. The lowest BCUT2D eigenvalue weighted by atomic mass is 9.98. The van der Waals surface area contributed by atoms with E-state index in [2.05, 4.69) is 20.9 Å². The summed E-state index contributed by atoms with van der Waals surface area (Å²) in [7, 11) is 0. The van der Waals surface area contributed by atoms with Crippen molar-refractivity contribution in [3.05, 3.63) is 81.4 Å². The van der Waals surface area contributed by atoms with Gasteiger partial charge in [-0.15, -0.1) is 0 Å². The highest BCUT2D eigenvalue weighted by molar-refractivity contribution is 6.71. The molecule has 2 aromatic carbocycles. The van der Waals surface area contributed by atoms with E-state index in [0.29, 0.717) is 0 Å². The zero-order valence-corrected chi connectivity index (χ0v) is 26.7. The van der Waals surface area contributed by atoms with E-state index in [1.54, 1.807) is 0 Å². The summed E-state index contributed by atoms with van der Waals surface area (Å²) in [6, 6.07) is 7.12. The molecule has 46 heavy (non-hydrogen) atoms. The topological polar surface area (TPSA) is 130 Å². The van der Waals surface area contributed by atoms with E-state index in [1.807, 2.05) is 0 Å². The zero-order valence-electron chi connectivity index (χ0n) is 24.4. The van der Waals surface area contributed by atoms with Gasteiger partial charge >= 0.3 is 6.18 Å². The van der Waals surface area contributed by atoms with Gasteiger partial charge in [0, 0.05) is 54.0 Å². The number of carbonyl (C=O) groups excluding carboxylic acids is 2. The summed E-state index contributed by atoms with van der Waals surface area (Å²) < 4.78 is 56.1. The summed E-state index contributed by atoms with van der Waals surface area (Å²) in [5, 5.41) is 26.0. The van der Waals surface area contributed by atoms with Gasteiger partial charge in [0.05, 0.1) is 27.3 Å². The van der Waals surface area contributed by atoms with Gasteiger partial charge in [0.2, 0.25) is 0 Å². The molecule has 5 N–H and O–H groups in total. The first-order chi connectivity index (χ1) is 21.4. The summed E-state index contributed by atoms with van der Waals surface area (Å²) in [4.78, 5) is 31.7. The Kier molecular flexibility index (Phi) is 10.7. The number of alkyl halides is 3. The third-order valence-corrected chi connectivity index (χ3v) is 7.69. The molecular weight excluding hydrogens is 675 g/mol. The minimum absolute atomic E-state index is 0.0161. The first-order valence-corrected chi connectivity index (χ1v) is 14.9. The van der Waals surface area contributed by atoms with Crippen LogP contribution in [0.1, 0.15) is 36.3 Å². The van der Waals surface area contributed by atoms with E-state index >= 15 is 0 Å². The van der Waals surface area contributed by atoms with Crippen molar-refractivity contribution in [3.8, 4) is 0 Å². The number of anilines is 1. The molecule has 1 saturated heterocycles. The first kappa shape index (κ1) is 35.2. The van der Waals surface area contributed by atoms with Gasteiger partial charge in [0.15, 0.2) is 0 Å². The molecule has 0 aliphatic carbocycles. The lowest BCUT2D eigenvalue weighted by Gasteiger charge is -2.39. The maximum Gasteiger partial charge on any atom is 0.433 e. The number of nitrogens with zero attached hydrogens (tertiary/aromatic N) is 2. The van der Waals surface area contributed by atoms with Crippen molar-refractivity contribution in [3.63, 3.8) is 0 Å². The highest BCUT2D eigenvalue weighted by Gasteiger charge is 2.36. The van der Waals surface area contributed by atoms with Crippen molar-refractivity contribution in [2.24, 2.45) is 0 Å². The number of rotatable bonds is 9. The Hall–Kier alpha value is -3.65. The molecule has 0 unspecified atom stereocenters. The van der Waals surface area contributed by atoms with Gasteiger partial charge in [0.1, 0.15) is 16.7 Å². The highest BCUT2D eigenvalue weighted by atomic mass is 35.5. The monoisotopic (exact) mass is 702 g/mol. The van der Waals surface area contributed by atoms with Gasteiger partial charge in [-0.25, -0.2) is 9.37 Å². The standard InChI is InChI=1S/C30H29Cl3F4N6O3/c1-29(2,46)14-39-11-19(26(33)38)27(44)41-17-9-16(12-43(13-17)28(45)25-20(32)4-3-5-21(25)34)40-23-10-24(30(35,36)37)42-22-7-6-15(31)8-18(22)23/h3-8,10-11,16-17,38-39,46H,9,12-14H2,1-2H3,(H,40,42)(H,41,44)/b19-11+,38-26?/t16-,17+/m1/s1. The minimum Gasteiger partial charge on any atom is -0.389 e. The number of aliphatic hydroxyl groups is 1. The lowest BCUT2D eigenvalue weighted by molar-refractivity contribution is -0.140. The second kappa shape index (κ2) is 14.0. The fourth-order valence-corrected chi connectivity index (χ4v) is 5.47. The van der Waals surface area contributed by atoms with Crippen molar-refractivity contribution in [2.45, 2.75) is 44.1 Å². The molecule has 9 nitrogen and oxygen atoms in total. The minimum atomic E-state index is -4.77. The predicted octanol–water partition coefficient (Wildman–Crippen LogP) is 5.97. The Balaban J connectivity index is 1.69. The van der Waals surface area contributed by atoms with Crippen molar-refractivity contribution in [1.29, 1.82) is 5.41 Å². The molecule has 0 spiro atoms. The summed E-state index contributed by atoms with van der Waals surface area (Å²) in [5.74, 6) is -2.48. The Labute approximate surface area is 276 Å². The number of hydrogen-bond acceptors (Lipinski definition) is 7. The van der Waals surface area contributed by atoms with Crippen LogP contribution in [0.2, 0.25) is 10.0 Å². The molecule has 0 saturated carbocycles. The van der Waals surface area contributed by atoms with Crippen LogP contribution in [0.25, 0.3) is 10.9 Å². The van der Waals surface area contributed by atoms with Gasteiger partial charge < -0.3 is 26.0 Å². The number of fused-ring (bicyclic) bond motifs is 1. The number of carbonyl (C=O) groups is 2. The van der Waals surface area contributed by atoms with E-state index in [-0.39, 0.29) is 58.3 Å². The van der Waals surface area contributed by atoms with Gasteiger partial charge in [0.25, 0.3) is 11.8 Å². The molecule has 1 aromatic heterocycles. The molecule has 4 rings (SSSR count). The van der Waals surface area contributed by atoms with E-state index < -0.39 is 57.9 Å². The highest BCUT2D eigenvalue weighted by Crippen LogP contribution is 2.35. The van der Waals surface area contributed by atoms with Gasteiger partial charge in [-0.2, -0.15) is 13.2 Å². The molecule has 2 atom stereocenters. The van der Waals surface area contributed by atoms with Crippen LogP contribution >= 0.6 is 34.8 Å².